The predicted octanol–water partition coefficient (Wildman–Crippen LogP) is 3.21. The molecule has 0 unspecified atom stereocenters. The number of amides is 3. The van der Waals surface area contributed by atoms with Crippen molar-refractivity contribution in [3.8, 4) is 0 Å². The van der Waals surface area contributed by atoms with Gasteiger partial charge in [0, 0.05) is 55.8 Å². The van der Waals surface area contributed by atoms with Crippen molar-refractivity contribution in [2.75, 3.05) is 45.1 Å². The zero-order valence-electron chi connectivity index (χ0n) is 18.1. The second-order valence-electron chi connectivity index (χ2n) is 8.38. The molecule has 2 aromatic rings. The van der Waals surface area contributed by atoms with Gasteiger partial charge in [-0.1, -0.05) is 28.1 Å². The number of likely N-dealkylation sites (N-methyl/N-ethyl adjacent to an activating group) is 1. The van der Waals surface area contributed by atoms with Crippen LogP contribution >= 0.6 is 15.9 Å². The summed E-state index contributed by atoms with van der Waals surface area (Å²) in [5.74, 6) is -0.729. The van der Waals surface area contributed by atoms with Crippen LogP contribution in [0.5, 0.6) is 0 Å². The Morgan fingerprint density at radius 2 is 1.66 bits per heavy atom. The van der Waals surface area contributed by atoms with Gasteiger partial charge in [0.05, 0.1) is 11.1 Å². The number of fused-ring (bicyclic) bond motifs is 1. The van der Waals surface area contributed by atoms with Crippen LogP contribution in [-0.2, 0) is 11.3 Å². The second kappa shape index (κ2) is 9.94. The van der Waals surface area contributed by atoms with Crippen LogP contribution in [0.3, 0.4) is 0 Å². The molecule has 7 nitrogen and oxygen atoms in total. The quantitative estimate of drug-likeness (QED) is 0.593. The summed E-state index contributed by atoms with van der Waals surface area (Å²) in [6.45, 7) is 5.46. The fourth-order valence-electron chi connectivity index (χ4n) is 4.04. The molecule has 2 heterocycles. The van der Waals surface area contributed by atoms with Crippen molar-refractivity contribution >= 4 is 39.3 Å². The molecule has 168 valence electrons. The van der Waals surface area contributed by atoms with E-state index in [9.17, 15) is 14.4 Å². The van der Waals surface area contributed by atoms with Gasteiger partial charge in [-0.25, -0.2) is 0 Å². The van der Waals surface area contributed by atoms with Crippen LogP contribution in [0.1, 0.15) is 39.1 Å². The largest absolute Gasteiger partial charge is 0.326 e. The molecule has 2 aromatic carbocycles. The minimum Gasteiger partial charge on any atom is -0.326 e. The first-order valence-electron chi connectivity index (χ1n) is 10.9. The lowest BCUT2D eigenvalue weighted by molar-refractivity contribution is -0.116. The summed E-state index contributed by atoms with van der Waals surface area (Å²) in [5.41, 5.74) is 2.80. The van der Waals surface area contributed by atoms with Gasteiger partial charge in [0.25, 0.3) is 11.8 Å². The van der Waals surface area contributed by atoms with Crippen LogP contribution in [0, 0.1) is 0 Å². The number of benzene rings is 2. The summed E-state index contributed by atoms with van der Waals surface area (Å²) in [4.78, 5) is 43.3. The van der Waals surface area contributed by atoms with Crippen molar-refractivity contribution in [1.29, 1.82) is 0 Å². The summed E-state index contributed by atoms with van der Waals surface area (Å²) in [5, 5.41) is 2.90. The van der Waals surface area contributed by atoms with Crippen molar-refractivity contribution in [2.45, 2.75) is 19.4 Å². The topological polar surface area (TPSA) is 73.0 Å². The van der Waals surface area contributed by atoms with E-state index in [1.165, 1.54) is 10.5 Å². The summed E-state index contributed by atoms with van der Waals surface area (Å²) in [6.07, 6.45) is 0.653. The molecule has 0 spiro atoms. The number of anilines is 1. The monoisotopic (exact) mass is 498 g/mol. The van der Waals surface area contributed by atoms with E-state index in [4.69, 9.17) is 0 Å². The Kier molecular flexibility index (Phi) is 7.03. The van der Waals surface area contributed by atoms with Crippen LogP contribution in [0.2, 0.25) is 0 Å². The minimum absolute atomic E-state index is 0.129. The Morgan fingerprint density at radius 3 is 2.38 bits per heavy atom. The Hall–Kier alpha value is -2.55. The highest BCUT2D eigenvalue weighted by Crippen LogP contribution is 2.26. The Bertz CT molecular complexity index is 1020. The van der Waals surface area contributed by atoms with Crippen molar-refractivity contribution in [2.24, 2.45) is 0 Å². The molecule has 1 N–H and O–H groups in total. The first-order chi connectivity index (χ1) is 15.4. The van der Waals surface area contributed by atoms with E-state index in [2.05, 4.69) is 38.1 Å². The van der Waals surface area contributed by atoms with Gasteiger partial charge >= 0.3 is 0 Å². The third-order valence-electron chi connectivity index (χ3n) is 5.96. The van der Waals surface area contributed by atoms with Crippen LogP contribution < -0.4 is 5.32 Å². The molecule has 1 saturated heterocycles. The molecule has 2 aliphatic heterocycles. The maximum Gasteiger partial charge on any atom is 0.261 e. The van der Waals surface area contributed by atoms with Gasteiger partial charge in [-0.05, 0) is 49.4 Å². The number of halogens is 1. The number of hydrogen-bond donors (Lipinski definition) is 1. The lowest BCUT2D eigenvalue weighted by Gasteiger charge is -2.32. The number of rotatable bonds is 7. The fourth-order valence-corrected chi connectivity index (χ4v) is 4.41. The predicted molar refractivity (Wildman–Crippen MR) is 127 cm³/mol. The smallest absolute Gasteiger partial charge is 0.261 e. The van der Waals surface area contributed by atoms with E-state index < -0.39 is 0 Å². The zero-order valence-corrected chi connectivity index (χ0v) is 19.7. The third-order valence-corrected chi connectivity index (χ3v) is 6.45. The van der Waals surface area contributed by atoms with Crippen molar-refractivity contribution in [3.63, 3.8) is 0 Å². The molecule has 0 atom stereocenters. The molecular weight excluding hydrogens is 472 g/mol. The van der Waals surface area contributed by atoms with Gasteiger partial charge in [0.1, 0.15) is 0 Å². The van der Waals surface area contributed by atoms with Gasteiger partial charge in [0.15, 0.2) is 0 Å². The van der Waals surface area contributed by atoms with Crippen molar-refractivity contribution < 1.29 is 14.4 Å². The van der Waals surface area contributed by atoms with Crippen molar-refractivity contribution in [1.82, 2.24) is 14.7 Å². The number of nitrogens with one attached hydrogen (secondary N) is 1. The van der Waals surface area contributed by atoms with E-state index in [-0.39, 0.29) is 30.7 Å². The average molecular weight is 499 g/mol. The maximum atomic E-state index is 12.5. The normalized spacial score (nSPS) is 17.0. The molecule has 1 fully saturated rings. The number of carbonyl (C=O) groups is 3. The molecule has 0 bridgehead atoms. The first kappa shape index (κ1) is 22.6. The van der Waals surface area contributed by atoms with Crippen LogP contribution in [-0.4, -0.2) is 72.2 Å². The number of imide groups is 1. The van der Waals surface area contributed by atoms with Crippen LogP contribution in [0.15, 0.2) is 46.9 Å². The Morgan fingerprint density at radius 1 is 0.969 bits per heavy atom. The van der Waals surface area contributed by atoms with Crippen molar-refractivity contribution in [3.05, 3.63) is 63.6 Å². The summed E-state index contributed by atoms with van der Waals surface area (Å²) < 4.78 is 0.758. The Labute approximate surface area is 196 Å². The molecule has 32 heavy (non-hydrogen) atoms. The van der Waals surface area contributed by atoms with Gasteiger partial charge in [-0.15, -0.1) is 0 Å². The molecule has 2 aliphatic rings. The van der Waals surface area contributed by atoms with E-state index in [0.29, 0.717) is 17.5 Å². The third kappa shape index (κ3) is 5.26. The molecular formula is C24H27BrN4O3. The lowest BCUT2D eigenvalue weighted by atomic mass is 10.1. The Balaban J connectivity index is 1.22. The van der Waals surface area contributed by atoms with Gasteiger partial charge in [-0.2, -0.15) is 0 Å². The van der Waals surface area contributed by atoms with E-state index >= 15 is 0 Å². The molecule has 0 radical (unpaired) electrons. The van der Waals surface area contributed by atoms with Crippen LogP contribution in [0.4, 0.5) is 5.69 Å². The van der Waals surface area contributed by atoms with Gasteiger partial charge < -0.3 is 10.2 Å². The molecule has 8 heteroatoms. The van der Waals surface area contributed by atoms with E-state index in [1.54, 1.807) is 18.2 Å². The summed E-state index contributed by atoms with van der Waals surface area (Å²) >= 11 is 3.33. The van der Waals surface area contributed by atoms with Gasteiger partial charge in [-0.3, -0.25) is 24.2 Å². The molecule has 0 aromatic heterocycles. The lowest BCUT2D eigenvalue weighted by Crippen LogP contribution is -2.43. The van der Waals surface area contributed by atoms with Gasteiger partial charge in [0.2, 0.25) is 5.91 Å². The van der Waals surface area contributed by atoms with E-state index in [1.807, 2.05) is 24.3 Å². The summed E-state index contributed by atoms with van der Waals surface area (Å²) in [6, 6.07) is 13.0. The number of nitrogens with zero attached hydrogens (tertiary/aromatic N) is 3. The van der Waals surface area contributed by atoms with Crippen LogP contribution in [0.25, 0.3) is 0 Å². The standard InChI is InChI=1S/C24H27BrN4O3/c1-27-11-13-28(14-12-27)16-17-4-7-19(8-5-17)26-22(30)3-2-10-29-23(31)20-9-6-18(25)15-21(20)24(29)32/h4-9,15H,2-3,10-14,16H2,1H3,(H,26,30). The highest BCUT2D eigenvalue weighted by Gasteiger charge is 2.35. The molecule has 4 rings (SSSR count). The first-order valence-corrected chi connectivity index (χ1v) is 11.7. The van der Waals surface area contributed by atoms with E-state index in [0.717, 1.165) is 42.9 Å². The number of carbonyl (C=O) groups excluding carboxylic acids is 3. The number of piperazine rings is 1. The minimum atomic E-state index is -0.303. The number of hydrogen-bond acceptors (Lipinski definition) is 5. The molecule has 0 aliphatic carbocycles. The molecule has 0 saturated carbocycles. The zero-order chi connectivity index (χ0) is 22.7. The average Bonchev–Trinajstić information content (AvgIpc) is 3.01. The SMILES string of the molecule is CN1CCN(Cc2ccc(NC(=O)CCCN3C(=O)c4ccc(Br)cc4C3=O)cc2)CC1. The molecule has 3 amide bonds. The maximum absolute atomic E-state index is 12.5. The second-order valence-corrected chi connectivity index (χ2v) is 9.30. The highest BCUT2D eigenvalue weighted by atomic mass is 79.9. The fraction of sp³-hybridized carbons (Fsp3) is 0.375. The highest BCUT2D eigenvalue weighted by molar-refractivity contribution is 9.10. The summed E-state index contributed by atoms with van der Waals surface area (Å²) in [7, 11) is 2.15.